The second-order valence-corrected chi connectivity index (χ2v) is 4.38. The normalized spacial score (nSPS) is 10.9. The highest BCUT2D eigenvalue weighted by Gasteiger charge is 2.09. The molecule has 3 heteroatoms. The first kappa shape index (κ1) is 10.8. The molecule has 0 bridgehead atoms. The maximum Gasteiger partial charge on any atom is 0.185 e. The van der Waals surface area contributed by atoms with Gasteiger partial charge in [-0.15, -0.1) is 0 Å². The number of para-hydroxylation sites is 1. The van der Waals surface area contributed by atoms with Crippen molar-refractivity contribution >= 4 is 17.2 Å². The average Bonchev–Trinajstić information content (AvgIpc) is 2.97. The van der Waals surface area contributed by atoms with Crippen molar-refractivity contribution in [2.75, 3.05) is 0 Å². The first-order valence-electron chi connectivity index (χ1n) is 5.85. The predicted molar refractivity (Wildman–Crippen MR) is 69.8 cm³/mol. The van der Waals surface area contributed by atoms with Crippen molar-refractivity contribution in [3.63, 3.8) is 0 Å². The summed E-state index contributed by atoms with van der Waals surface area (Å²) in [5.41, 5.74) is 2.41. The fourth-order valence-electron chi connectivity index (χ4n) is 2.31. The maximum atomic E-state index is 10.6. The van der Waals surface area contributed by atoms with E-state index in [1.165, 1.54) is 16.5 Å². The molecule has 0 aliphatic rings. The highest BCUT2D eigenvalue weighted by molar-refractivity contribution is 5.84. The van der Waals surface area contributed by atoms with E-state index in [4.69, 9.17) is 4.42 Å². The smallest absolute Gasteiger partial charge is 0.185 e. The molecule has 2 heterocycles. The zero-order valence-corrected chi connectivity index (χ0v) is 10.1. The minimum absolute atomic E-state index is 0.380. The Kier molecular flexibility index (Phi) is 2.52. The largest absolute Gasteiger partial charge is 0.458 e. The topological polar surface area (TPSA) is 35.1 Å². The molecular formula is C15H13NO2. The van der Waals surface area contributed by atoms with Gasteiger partial charge in [0.1, 0.15) is 5.76 Å². The summed E-state index contributed by atoms with van der Waals surface area (Å²) in [6, 6.07) is 11.8. The molecule has 0 aliphatic heterocycles. The first-order valence-corrected chi connectivity index (χ1v) is 5.85. The summed E-state index contributed by atoms with van der Waals surface area (Å²) < 4.78 is 7.52. The van der Waals surface area contributed by atoms with Gasteiger partial charge < -0.3 is 8.98 Å². The van der Waals surface area contributed by atoms with Gasteiger partial charge in [-0.1, -0.05) is 18.2 Å². The Hall–Kier alpha value is -2.29. The molecule has 3 aromatic rings. The van der Waals surface area contributed by atoms with Crippen LogP contribution >= 0.6 is 0 Å². The molecule has 0 saturated heterocycles. The minimum atomic E-state index is 0.380. The summed E-state index contributed by atoms with van der Waals surface area (Å²) in [4.78, 5) is 10.6. The molecule has 0 saturated carbocycles. The van der Waals surface area contributed by atoms with Crippen LogP contribution in [0.4, 0.5) is 0 Å². The lowest BCUT2D eigenvalue weighted by molar-refractivity contribution is 0.109. The van der Waals surface area contributed by atoms with E-state index in [1.54, 1.807) is 6.07 Å². The van der Waals surface area contributed by atoms with Crippen molar-refractivity contribution in [2.24, 2.45) is 7.05 Å². The number of carbonyl (C=O) groups excluding carboxylic acids is 1. The first-order chi connectivity index (χ1) is 8.78. The number of aryl methyl sites for hydroxylation is 1. The van der Waals surface area contributed by atoms with Crippen LogP contribution in [0.3, 0.4) is 0 Å². The summed E-state index contributed by atoms with van der Waals surface area (Å²) >= 11 is 0. The lowest BCUT2D eigenvalue weighted by Gasteiger charge is -1.95. The van der Waals surface area contributed by atoms with E-state index < -0.39 is 0 Å². The van der Waals surface area contributed by atoms with Gasteiger partial charge in [0, 0.05) is 30.6 Å². The number of hydrogen-bond acceptors (Lipinski definition) is 2. The number of aromatic nitrogens is 1. The Morgan fingerprint density at radius 3 is 2.83 bits per heavy atom. The van der Waals surface area contributed by atoms with Crippen LogP contribution in [0.2, 0.25) is 0 Å². The second-order valence-electron chi connectivity index (χ2n) is 4.38. The number of carbonyl (C=O) groups is 1. The monoisotopic (exact) mass is 239 g/mol. The highest BCUT2D eigenvalue weighted by Crippen LogP contribution is 2.23. The Bertz CT molecular complexity index is 706. The summed E-state index contributed by atoms with van der Waals surface area (Å²) in [7, 11) is 2.03. The van der Waals surface area contributed by atoms with Crippen LogP contribution in [0.15, 0.2) is 47.0 Å². The van der Waals surface area contributed by atoms with E-state index in [0.29, 0.717) is 12.2 Å². The molecule has 0 amide bonds. The molecular weight excluding hydrogens is 226 g/mol. The molecule has 0 atom stereocenters. The van der Waals surface area contributed by atoms with E-state index in [-0.39, 0.29) is 0 Å². The Morgan fingerprint density at radius 2 is 2.06 bits per heavy atom. The maximum absolute atomic E-state index is 10.6. The second kappa shape index (κ2) is 4.18. The fourth-order valence-corrected chi connectivity index (χ4v) is 2.31. The van der Waals surface area contributed by atoms with Gasteiger partial charge in [0.2, 0.25) is 0 Å². The van der Waals surface area contributed by atoms with Crippen LogP contribution in [0.25, 0.3) is 10.9 Å². The number of nitrogens with zero attached hydrogens (tertiary/aromatic N) is 1. The Balaban J connectivity index is 2.02. The fraction of sp³-hybridized carbons (Fsp3) is 0.133. The van der Waals surface area contributed by atoms with Gasteiger partial charge in [-0.05, 0) is 23.8 Å². The van der Waals surface area contributed by atoms with Gasteiger partial charge >= 0.3 is 0 Å². The lowest BCUT2D eigenvalue weighted by atomic mass is 10.1. The molecule has 0 radical (unpaired) electrons. The van der Waals surface area contributed by atoms with Crippen molar-refractivity contribution in [2.45, 2.75) is 6.42 Å². The zero-order valence-electron chi connectivity index (χ0n) is 10.1. The standard InChI is InChI=1S/C15H13NO2/c1-16-9-11(14-4-2-3-5-15(14)16)8-12-6-7-13(10-17)18-12/h2-7,9-10H,8H2,1H3. The third-order valence-electron chi connectivity index (χ3n) is 3.14. The molecule has 0 N–H and O–H groups in total. The molecule has 90 valence electrons. The summed E-state index contributed by atoms with van der Waals surface area (Å²) in [5, 5.41) is 1.23. The molecule has 0 fully saturated rings. The highest BCUT2D eigenvalue weighted by atomic mass is 16.3. The van der Waals surface area contributed by atoms with Crippen LogP contribution in [0, 0.1) is 0 Å². The number of furan rings is 1. The SMILES string of the molecule is Cn1cc(Cc2ccc(C=O)o2)c2ccccc21. The molecule has 2 aromatic heterocycles. The van der Waals surface area contributed by atoms with Gasteiger partial charge in [0.25, 0.3) is 0 Å². The van der Waals surface area contributed by atoms with E-state index >= 15 is 0 Å². The van der Waals surface area contributed by atoms with E-state index in [2.05, 4.69) is 22.9 Å². The number of fused-ring (bicyclic) bond motifs is 1. The van der Waals surface area contributed by atoms with Gasteiger partial charge in [-0.25, -0.2) is 0 Å². The number of benzene rings is 1. The third-order valence-corrected chi connectivity index (χ3v) is 3.14. The van der Waals surface area contributed by atoms with E-state index in [9.17, 15) is 4.79 Å². The predicted octanol–water partition coefficient (Wildman–Crippen LogP) is 3.17. The van der Waals surface area contributed by atoms with Crippen LogP contribution in [0.1, 0.15) is 21.9 Å². The van der Waals surface area contributed by atoms with Crippen LogP contribution < -0.4 is 0 Å². The van der Waals surface area contributed by atoms with Crippen LogP contribution in [-0.2, 0) is 13.5 Å². The quantitative estimate of drug-likeness (QED) is 0.658. The van der Waals surface area contributed by atoms with E-state index in [1.807, 2.05) is 25.2 Å². The van der Waals surface area contributed by atoms with Crippen molar-refractivity contribution in [1.82, 2.24) is 4.57 Å². The van der Waals surface area contributed by atoms with Crippen molar-refractivity contribution < 1.29 is 9.21 Å². The number of rotatable bonds is 3. The number of aldehydes is 1. The molecule has 1 aromatic carbocycles. The molecule has 0 spiro atoms. The molecule has 18 heavy (non-hydrogen) atoms. The Morgan fingerprint density at radius 1 is 1.22 bits per heavy atom. The molecule has 3 rings (SSSR count). The van der Waals surface area contributed by atoms with Gasteiger partial charge in [0.05, 0.1) is 0 Å². The van der Waals surface area contributed by atoms with Crippen molar-refractivity contribution in [3.8, 4) is 0 Å². The van der Waals surface area contributed by atoms with Crippen LogP contribution in [0.5, 0.6) is 0 Å². The third kappa shape index (κ3) is 1.74. The molecule has 0 aliphatic carbocycles. The summed E-state index contributed by atoms with van der Waals surface area (Å²) in [6.45, 7) is 0. The van der Waals surface area contributed by atoms with Crippen molar-refractivity contribution in [3.05, 3.63) is 59.7 Å². The van der Waals surface area contributed by atoms with Gasteiger partial charge in [-0.2, -0.15) is 0 Å². The van der Waals surface area contributed by atoms with E-state index in [0.717, 1.165) is 12.0 Å². The summed E-state index contributed by atoms with van der Waals surface area (Å²) in [5.74, 6) is 1.19. The molecule has 3 nitrogen and oxygen atoms in total. The van der Waals surface area contributed by atoms with Gasteiger partial charge in [-0.3, -0.25) is 4.79 Å². The Labute approximate surface area is 105 Å². The lowest BCUT2D eigenvalue weighted by Crippen LogP contribution is -1.84. The van der Waals surface area contributed by atoms with Gasteiger partial charge in [0.15, 0.2) is 12.0 Å². The van der Waals surface area contributed by atoms with Crippen molar-refractivity contribution in [1.29, 1.82) is 0 Å². The summed E-state index contributed by atoms with van der Waals surface area (Å²) in [6.07, 6.45) is 3.54. The molecule has 0 unspecified atom stereocenters. The van der Waals surface area contributed by atoms with Crippen LogP contribution in [-0.4, -0.2) is 10.9 Å². The zero-order chi connectivity index (χ0) is 12.5. The number of hydrogen-bond donors (Lipinski definition) is 0. The average molecular weight is 239 g/mol. The minimum Gasteiger partial charge on any atom is -0.458 e.